The smallest absolute Gasteiger partial charge is 0.0430 e. The minimum atomic E-state index is 0.646. The summed E-state index contributed by atoms with van der Waals surface area (Å²) >= 11 is 5.63. The number of hydrogen-bond donors (Lipinski definition) is 0. The summed E-state index contributed by atoms with van der Waals surface area (Å²) in [5, 5.41) is 0. The van der Waals surface area contributed by atoms with Crippen molar-refractivity contribution in [1.82, 2.24) is 0 Å². The Labute approximate surface area is 68.3 Å². The average Bonchev–Trinajstić information content (AvgIpc) is 2.64. The molecule has 1 saturated carbocycles. The predicted octanol–water partition coefficient (Wildman–Crippen LogP) is 3.36. The molecule has 0 aromatic heterocycles. The van der Waals surface area contributed by atoms with E-state index in [1.165, 1.54) is 24.8 Å². The predicted molar refractivity (Wildman–Crippen MR) is 46.4 cm³/mol. The molecule has 0 heterocycles. The second-order valence-electron chi connectivity index (χ2n) is 3.70. The van der Waals surface area contributed by atoms with E-state index in [9.17, 15) is 0 Å². The van der Waals surface area contributed by atoms with Gasteiger partial charge in [0.05, 0.1) is 0 Å². The first-order valence-electron chi connectivity index (χ1n) is 3.88. The summed E-state index contributed by atoms with van der Waals surface area (Å²) in [6.45, 7) is 4.43. The van der Waals surface area contributed by atoms with E-state index in [2.05, 4.69) is 19.9 Å². The minimum absolute atomic E-state index is 0.646. The molecule has 0 aromatic carbocycles. The minimum Gasteiger partial charge on any atom is -0.122 e. The zero-order valence-electron chi connectivity index (χ0n) is 6.78. The van der Waals surface area contributed by atoms with Crippen LogP contribution in [0.15, 0.2) is 11.6 Å². The molecule has 0 unspecified atom stereocenters. The Morgan fingerprint density at radius 1 is 1.60 bits per heavy atom. The Hall–Kier alpha value is 0.0300. The lowest BCUT2D eigenvalue weighted by Crippen LogP contribution is -1.89. The Morgan fingerprint density at radius 2 is 2.20 bits per heavy atom. The molecule has 0 atom stereocenters. The number of halogens is 1. The molecule has 1 aliphatic rings. The summed E-state index contributed by atoms with van der Waals surface area (Å²) in [4.78, 5) is 0. The van der Waals surface area contributed by atoms with Crippen LogP contribution >= 0.6 is 11.6 Å². The van der Waals surface area contributed by atoms with Crippen molar-refractivity contribution < 1.29 is 0 Å². The van der Waals surface area contributed by atoms with Crippen LogP contribution in [0.4, 0.5) is 0 Å². The third-order valence-electron chi connectivity index (χ3n) is 2.26. The van der Waals surface area contributed by atoms with Crippen LogP contribution in [0.3, 0.4) is 0 Å². The van der Waals surface area contributed by atoms with Gasteiger partial charge in [0.2, 0.25) is 0 Å². The Kier molecular flexibility index (Phi) is 2.40. The highest BCUT2D eigenvalue weighted by Gasteiger charge is 2.35. The molecule has 10 heavy (non-hydrogen) atoms. The molecule has 0 N–H and O–H groups in total. The fraction of sp³-hybridized carbons (Fsp3) is 0.778. The molecule has 0 aliphatic heterocycles. The normalized spacial score (nSPS) is 22.9. The van der Waals surface area contributed by atoms with Gasteiger partial charge in [0.25, 0.3) is 0 Å². The van der Waals surface area contributed by atoms with Crippen LogP contribution in [0, 0.1) is 5.41 Å². The van der Waals surface area contributed by atoms with Crippen LogP contribution < -0.4 is 0 Å². The van der Waals surface area contributed by atoms with Gasteiger partial charge in [-0.15, -0.1) is 11.6 Å². The van der Waals surface area contributed by atoms with Crippen molar-refractivity contribution in [1.29, 1.82) is 0 Å². The van der Waals surface area contributed by atoms with Crippen molar-refractivity contribution in [2.75, 3.05) is 5.88 Å². The van der Waals surface area contributed by atoms with E-state index in [4.69, 9.17) is 11.6 Å². The molecule has 0 radical (unpaired) electrons. The van der Waals surface area contributed by atoms with Crippen molar-refractivity contribution in [2.24, 2.45) is 5.41 Å². The monoisotopic (exact) mass is 158 g/mol. The molecule has 58 valence electrons. The number of rotatable bonds is 3. The van der Waals surface area contributed by atoms with Gasteiger partial charge in [0, 0.05) is 5.88 Å². The molecule has 0 saturated heterocycles. The van der Waals surface area contributed by atoms with Crippen LogP contribution in [0.1, 0.15) is 33.1 Å². The topological polar surface area (TPSA) is 0 Å². The van der Waals surface area contributed by atoms with Gasteiger partial charge >= 0.3 is 0 Å². The molecule has 0 aromatic rings. The molecule has 0 nitrogen and oxygen atoms in total. The fourth-order valence-corrected chi connectivity index (χ4v) is 1.00. The largest absolute Gasteiger partial charge is 0.122 e. The Balaban J connectivity index is 2.26. The van der Waals surface area contributed by atoms with Gasteiger partial charge in [0.15, 0.2) is 0 Å². The SMILES string of the molecule is C/C(=C\CC1(C)CC1)CCl. The third kappa shape index (κ3) is 2.34. The first kappa shape index (κ1) is 8.13. The summed E-state index contributed by atoms with van der Waals surface area (Å²) in [6.07, 6.45) is 6.31. The fourth-order valence-electron chi connectivity index (χ4n) is 0.893. The van der Waals surface area contributed by atoms with E-state index >= 15 is 0 Å². The van der Waals surface area contributed by atoms with Gasteiger partial charge in [0.1, 0.15) is 0 Å². The molecule has 1 fully saturated rings. The zero-order valence-corrected chi connectivity index (χ0v) is 7.54. The van der Waals surface area contributed by atoms with Crippen molar-refractivity contribution >= 4 is 11.6 Å². The molecule has 0 bridgehead atoms. The Morgan fingerprint density at radius 3 is 2.60 bits per heavy atom. The number of allylic oxidation sites excluding steroid dienone is 2. The maximum Gasteiger partial charge on any atom is 0.0430 e. The van der Waals surface area contributed by atoms with E-state index in [1.807, 2.05) is 0 Å². The quantitative estimate of drug-likeness (QED) is 0.437. The molecule has 0 amide bonds. The van der Waals surface area contributed by atoms with Crippen LogP contribution in [0.5, 0.6) is 0 Å². The average molecular weight is 159 g/mol. The summed E-state index contributed by atoms with van der Waals surface area (Å²) in [7, 11) is 0. The summed E-state index contributed by atoms with van der Waals surface area (Å²) in [5.41, 5.74) is 1.96. The third-order valence-corrected chi connectivity index (χ3v) is 2.68. The number of hydrogen-bond acceptors (Lipinski definition) is 0. The van der Waals surface area contributed by atoms with Gasteiger partial charge in [-0.25, -0.2) is 0 Å². The van der Waals surface area contributed by atoms with Gasteiger partial charge in [-0.3, -0.25) is 0 Å². The molecule has 1 aliphatic carbocycles. The van der Waals surface area contributed by atoms with E-state index < -0.39 is 0 Å². The molecule has 0 spiro atoms. The second kappa shape index (κ2) is 2.96. The second-order valence-corrected chi connectivity index (χ2v) is 3.97. The van der Waals surface area contributed by atoms with E-state index in [0.29, 0.717) is 11.3 Å². The molecule has 1 rings (SSSR count). The van der Waals surface area contributed by atoms with Crippen molar-refractivity contribution in [2.45, 2.75) is 33.1 Å². The van der Waals surface area contributed by atoms with E-state index in [1.54, 1.807) is 0 Å². The van der Waals surface area contributed by atoms with Crippen molar-refractivity contribution in [3.8, 4) is 0 Å². The summed E-state index contributed by atoms with van der Waals surface area (Å²) < 4.78 is 0. The first-order valence-corrected chi connectivity index (χ1v) is 4.41. The standard InChI is InChI=1S/C9H15Cl/c1-8(7-10)3-4-9(2)5-6-9/h3H,4-7H2,1-2H3/b8-3+. The van der Waals surface area contributed by atoms with Crippen LogP contribution in [0.2, 0.25) is 0 Å². The van der Waals surface area contributed by atoms with Gasteiger partial charge < -0.3 is 0 Å². The molecule has 1 heteroatoms. The summed E-state index contributed by atoms with van der Waals surface area (Å²) in [5.74, 6) is 0.691. The van der Waals surface area contributed by atoms with Crippen LogP contribution in [-0.2, 0) is 0 Å². The first-order chi connectivity index (χ1) is 4.66. The summed E-state index contributed by atoms with van der Waals surface area (Å²) in [6, 6.07) is 0. The van der Waals surface area contributed by atoms with Crippen molar-refractivity contribution in [3.05, 3.63) is 11.6 Å². The van der Waals surface area contributed by atoms with Crippen LogP contribution in [0.25, 0.3) is 0 Å². The maximum absolute atomic E-state index is 5.63. The maximum atomic E-state index is 5.63. The van der Waals surface area contributed by atoms with E-state index in [-0.39, 0.29) is 0 Å². The van der Waals surface area contributed by atoms with Gasteiger partial charge in [-0.2, -0.15) is 0 Å². The highest BCUT2D eigenvalue weighted by atomic mass is 35.5. The number of alkyl halides is 1. The lowest BCUT2D eigenvalue weighted by atomic mass is 10.0. The Bertz CT molecular complexity index is 143. The van der Waals surface area contributed by atoms with Gasteiger partial charge in [-0.05, 0) is 31.6 Å². The lowest BCUT2D eigenvalue weighted by Gasteiger charge is -2.02. The lowest BCUT2D eigenvalue weighted by molar-refractivity contribution is 0.583. The van der Waals surface area contributed by atoms with Gasteiger partial charge in [-0.1, -0.05) is 18.6 Å². The highest BCUT2D eigenvalue weighted by Crippen LogP contribution is 2.48. The molecular weight excluding hydrogens is 144 g/mol. The highest BCUT2D eigenvalue weighted by molar-refractivity contribution is 6.19. The van der Waals surface area contributed by atoms with Crippen molar-refractivity contribution in [3.63, 3.8) is 0 Å². The van der Waals surface area contributed by atoms with E-state index in [0.717, 1.165) is 0 Å². The zero-order chi connectivity index (χ0) is 7.61. The van der Waals surface area contributed by atoms with Crippen LogP contribution in [-0.4, -0.2) is 5.88 Å². The molecular formula is C9H15Cl.